The van der Waals surface area contributed by atoms with Crippen molar-refractivity contribution in [2.75, 3.05) is 0 Å². The first kappa shape index (κ1) is 15.9. The van der Waals surface area contributed by atoms with E-state index < -0.39 is 0 Å². The van der Waals surface area contributed by atoms with Gasteiger partial charge in [0.25, 0.3) is 5.91 Å². The molecule has 122 valence electrons. The average molecular weight is 310 g/mol. The van der Waals surface area contributed by atoms with Crippen LogP contribution in [0, 0.1) is 11.8 Å². The number of aromatic nitrogens is 1. The molecule has 0 spiro atoms. The number of carbonyl (C=O) groups is 1. The SMILES string of the molecule is CC/C=C\CC1C(C)CCC1NC(=O)c1cc2ccccc2[nH]1. The van der Waals surface area contributed by atoms with Crippen molar-refractivity contribution in [3.05, 3.63) is 48.2 Å². The molecule has 3 rings (SSSR count). The summed E-state index contributed by atoms with van der Waals surface area (Å²) in [5, 5.41) is 4.34. The van der Waals surface area contributed by atoms with Gasteiger partial charge in [-0.2, -0.15) is 0 Å². The number of nitrogens with one attached hydrogen (secondary N) is 2. The van der Waals surface area contributed by atoms with Crippen molar-refractivity contribution in [3.63, 3.8) is 0 Å². The molecule has 0 saturated heterocycles. The number of benzene rings is 1. The Morgan fingerprint density at radius 1 is 1.30 bits per heavy atom. The molecule has 0 aliphatic heterocycles. The third-order valence-electron chi connectivity index (χ3n) is 5.08. The molecule has 3 atom stereocenters. The van der Waals surface area contributed by atoms with Crippen LogP contribution in [0.25, 0.3) is 10.9 Å². The van der Waals surface area contributed by atoms with Crippen LogP contribution in [0.15, 0.2) is 42.5 Å². The Bertz CT molecular complexity index is 667. The van der Waals surface area contributed by atoms with Crippen molar-refractivity contribution in [2.45, 2.75) is 45.6 Å². The van der Waals surface area contributed by atoms with Crippen molar-refractivity contribution in [2.24, 2.45) is 11.8 Å². The van der Waals surface area contributed by atoms with E-state index in [0.29, 0.717) is 17.5 Å². The minimum Gasteiger partial charge on any atom is -0.351 e. The topological polar surface area (TPSA) is 44.9 Å². The predicted molar refractivity (Wildman–Crippen MR) is 95.5 cm³/mol. The molecule has 1 aliphatic rings. The van der Waals surface area contributed by atoms with Crippen LogP contribution in [-0.4, -0.2) is 16.9 Å². The van der Waals surface area contributed by atoms with Gasteiger partial charge in [-0.1, -0.05) is 44.2 Å². The maximum absolute atomic E-state index is 12.6. The van der Waals surface area contributed by atoms with Crippen LogP contribution in [0.1, 0.15) is 50.0 Å². The third kappa shape index (κ3) is 3.49. The summed E-state index contributed by atoms with van der Waals surface area (Å²) in [7, 11) is 0. The van der Waals surface area contributed by atoms with Crippen molar-refractivity contribution in [3.8, 4) is 0 Å². The standard InChI is InChI=1S/C20H26N2O/c1-3-4-5-9-16-14(2)11-12-18(16)22-20(23)19-13-15-8-6-7-10-17(15)21-19/h4-8,10,13-14,16,18,21H,3,9,11-12H2,1-2H3,(H,22,23)/b5-4-. The lowest BCUT2D eigenvalue weighted by Gasteiger charge is -2.22. The van der Waals surface area contributed by atoms with Crippen molar-refractivity contribution < 1.29 is 4.79 Å². The molecule has 0 bridgehead atoms. The minimum atomic E-state index is 0.0183. The van der Waals surface area contributed by atoms with Crippen LogP contribution in [0.3, 0.4) is 0 Å². The fraction of sp³-hybridized carbons (Fsp3) is 0.450. The number of para-hydroxylation sites is 1. The van der Waals surface area contributed by atoms with Gasteiger partial charge in [0.05, 0.1) is 0 Å². The van der Waals surface area contributed by atoms with E-state index in [2.05, 4.69) is 36.3 Å². The normalized spacial score (nSPS) is 24.5. The van der Waals surface area contributed by atoms with Gasteiger partial charge in [-0.05, 0) is 49.7 Å². The summed E-state index contributed by atoms with van der Waals surface area (Å²) in [4.78, 5) is 15.8. The summed E-state index contributed by atoms with van der Waals surface area (Å²) in [5.41, 5.74) is 1.67. The number of carbonyl (C=O) groups excluding carboxylic acids is 1. The van der Waals surface area contributed by atoms with Gasteiger partial charge in [0.1, 0.15) is 5.69 Å². The third-order valence-corrected chi connectivity index (χ3v) is 5.08. The van der Waals surface area contributed by atoms with E-state index in [1.54, 1.807) is 0 Å². The maximum atomic E-state index is 12.6. The second-order valence-corrected chi connectivity index (χ2v) is 6.68. The lowest BCUT2D eigenvalue weighted by atomic mass is 9.91. The molecule has 1 saturated carbocycles. The van der Waals surface area contributed by atoms with E-state index in [-0.39, 0.29) is 11.9 Å². The molecule has 3 heteroatoms. The van der Waals surface area contributed by atoms with Crippen LogP contribution < -0.4 is 5.32 Å². The number of fused-ring (bicyclic) bond motifs is 1. The maximum Gasteiger partial charge on any atom is 0.267 e. The average Bonchev–Trinajstić information content (AvgIpc) is 3.13. The highest BCUT2D eigenvalue weighted by atomic mass is 16.1. The predicted octanol–water partition coefficient (Wildman–Crippen LogP) is 4.67. The number of H-pyrrole nitrogens is 1. The van der Waals surface area contributed by atoms with Gasteiger partial charge in [0.2, 0.25) is 0 Å². The molecule has 23 heavy (non-hydrogen) atoms. The molecule has 1 aliphatic carbocycles. The Morgan fingerprint density at radius 3 is 2.91 bits per heavy atom. The summed E-state index contributed by atoms with van der Waals surface area (Å²) >= 11 is 0. The quantitative estimate of drug-likeness (QED) is 0.775. The molecule has 1 fully saturated rings. The lowest BCUT2D eigenvalue weighted by Crippen LogP contribution is -2.38. The fourth-order valence-electron chi connectivity index (χ4n) is 3.70. The Kier molecular flexibility index (Phi) is 4.85. The number of amides is 1. The Morgan fingerprint density at radius 2 is 2.13 bits per heavy atom. The van der Waals surface area contributed by atoms with Crippen LogP contribution in [0.2, 0.25) is 0 Å². The van der Waals surface area contributed by atoms with Gasteiger partial charge in [0, 0.05) is 16.9 Å². The van der Waals surface area contributed by atoms with Crippen LogP contribution >= 0.6 is 0 Å². The number of allylic oxidation sites excluding steroid dienone is 2. The van der Waals surface area contributed by atoms with E-state index in [1.807, 2.05) is 30.3 Å². The van der Waals surface area contributed by atoms with Crippen molar-refractivity contribution in [1.29, 1.82) is 0 Å². The van der Waals surface area contributed by atoms with E-state index in [9.17, 15) is 4.79 Å². The first-order valence-corrected chi connectivity index (χ1v) is 8.72. The summed E-state index contributed by atoms with van der Waals surface area (Å²) in [6.45, 7) is 4.46. The van der Waals surface area contributed by atoms with E-state index in [4.69, 9.17) is 0 Å². The molecule has 0 radical (unpaired) electrons. The first-order valence-electron chi connectivity index (χ1n) is 8.72. The van der Waals surface area contributed by atoms with Crippen LogP contribution in [0.4, 0.5) is 0 Å². The molecule has 1 aromatic heterocycles. The van der Waals surface area contributed by atoms with Crippen molar-refractivity contribution in [1.82, 2.24) is 10.3 Å². The molecular weight excluding hydrogens is 284 g/mol. The number of hydrogen-bond acceptors (Lipinski definition) is 1. The number of rotatable bonds is 5. The monoisotopic (exact) mass is 310 g/mol. The highest BCUT2D eigenvalue weighted by molar-refractivity contribution is 5.98. The Hall–Kier alpha value is -2.03. The molecule has 3 unspecified atom stereocenters. The minimum absolute atomic E-state index is 0.0183. The largest absolute Gasteiger partial charge is 0.351 e. The smallest absolute Gasteiger partial charge is 0.267 e. The van der Waals surface area contributed by atoms with Gasteiger partial charge < -0.3 is 10.3 Å². The number of aromatic amines is 1. The van der Waals surface area contributed by atoms with E-state index in [1.165, 1.54) is 6.42 Å². The Labute approximate surface area is 138 Å². The lowest BCUT2D eigenvalue weighted by molar-refractivity contribution is 0.0921. The molecule has 2 N–H and O–H groups in total. The molecule has 1 amide bonds. The Balaban J connectivity index is 1.69. The molecule has 3 nitrogen and oxygen atoms in total. The summed E-state index contributed by atoms with van der Waals surface area (Å²) in [5.74, 6) is 1.24. The van der Waals surface area contributed by atoms with Crippen LogP contribution in [-0.2, 0) is 0 Å². The van der Waals surface area contributed by atoms with Crippen LogP contribution in [0.5, 0.6) is 0 Å². The molecule has 2 aromatic rings. The highest BCUT2D eigenvalue weighted by Gasteiger charge is 2.33. The first-order chi connectivity index (χ1) is 11.2. The summed E-state index contributed by atoms with van der Waals surface area (Å²) in [6, 6.07) is 10.2. The van der Waals surface area contributed by atoms with E-state index >= 15 is 0 Å². The van der Waals surface area contributed by atoms with Gasteiger partial charge in [-0.3, -0.25) is 4.79 Å². The van der Waals surface area contributed by atoms with E-state index in [0.717, 1.165) is 30.2 Å². The van der Waals surface area contributed by atoms with Gasteiger partial charge in [-0.25, -0.2) is 0 Å². The number of hydrogen-bond donors (Lipinski definition) is 2. The van der Waals surface area contributed by atoms with Gasteiger partial charge in [-0.15, -0.1) is 0 Å². The van der Waals surface area contributed by atoms with Gasteiger partial charge in [0.15, 0.2) is 0 Å². The second kappa shape index (κ2) is 7.03. The molecule has 1 aromatic carbocycles. The van der Waals surface area contributed by atoms with Gasteiger partial charge >= 0.3 is 0 Å². The summed E-state index contributed by atoms with van der Waals surface area (Å²) in [6.07, 6.45) is 8.91. The summed E-state index contributed by atoms with van der Waals surface area (Å²) < 4.78 is 0. The molecule has 1 heterocycles. The zero-order chi connectivity index (χ0) is 16.2. The zero-order valence-corrected chi connectivity index (χ0v) is 14.0. The fourth-order valence-corrected chi connectivity index (χ4v) is 3.70. The van der Waals surface area contributed by atoms with Crippen molar-refractivity contribution >= 4 is 16.8 Å². The second-order valence-electron chi connectivity index (χ2n) is 6.68. The zero-order valence-electron chi connectivity index (χ0n) is 14.0. The molecular formula is C20H26N2O. The highest BCUT2D eigenvalue weighted by Crippen LogP contribution is 2.34.